The molecule has 0 bridgehead atoms. The van der Waals surface area contributed by atoms with Gasteiger partial charge in [-0.05, 0) is 19.4 Å². The minimum atomic E-state index is -4.48. The highest BCUT2D eigenvalue weighted by Crippen LogP contribution is 2.18. The number of nitrogens with zero attached hydrogens (tertiary/aromatic N) is 1. The summed E-state index contributed by atoms with van der Waals surface area (Å²) < 4.78 is 42.7. The number of aromatic amines is 1. The number of nitrogens with one attached hydrogen (secondary N) is 1. The maximum atomic E-state index is 12.5. The van der Waals surface area contributed by atoms with E-state index in [-0.39, 0.29) is 18.7 Å². The van der Waals surface area contributed by atoms with Crippen LogP contribution in [0.5, 0.6) is 0 Å². The van der Waals surface area contributed by atoms with Gasteiger partial charge in [0.05, 0.1) is 5.56 Å². The summed E-state index contributed by atoms with van der Waals surface area (Å²) in [5.74, 6) is -0.778. The smallest absolute Gasteiger partial charge is 0.382 e. The topological polar surface area (TPSA) is 62.4 Å². The first kappa shape index (κ1) is 17.2. The lowest BCUT2D eigenvalue weighted by Gasteiger charge is -2.24. The lowest BCUT2D eigenvalue weighted by molar-refractivity contribution is -0.141. The molecule has 8 heteroatoms. The van der Waals surface area contributed by atoms with Crippen molar-refractivity contribution in [3.05, 3.63) is 34.2 Å². The Hall–Kier alpha value is -1.83. The van der Waals surface area contributed by atoms with Gasteiger partial charge in [-0.15, -0.1) is 0 Å². The zero-order chi connectivity index (χ0) is 15.9. The number of halogens is 3. The minimum absolute atomic E-state index is 0.00950. The second-order valence-corrected chi connectivity index (χ2v) is 4.33. The van der Waals surface area contributed by atoms with Crippen molar-refractivity contribution in [3.63, 3.8) is 0 Å². The van der Waals surface area contributed by atoms with E-state index in [1.807, 2.05) is 0 Å². The van der Waals surface area contributed by atoms with Gasteiger partial charge in [0.1, 0.15) is 6.54 Å². The number of H-pyrrole nitrogens is 1. The van der Waals surface area contributed by atoms with E-state index >= 15 is 0 Å². The maximum absolute atomic E-state index is 12.5. The highest BCUT2D eigenvalue weighted by molar-refractivity contribution is 5.93. The van der Waals surface area contributed by atoms with Crippen molar-refractivity contribution in [3.8, 4) is 0 Å². The van der Waals surface area contributed by atoms with Crippen LogP contribution in [0.3, 0.4) is 0 Å². The minimum Gasteiger partial charge on any atom is -0.382 e. The molecule has 0 aliphatic carbocycles. The number of amides is 1. The fourth-order valence-corrected chi connectivity index (χ4v) is 1.70. The van der Waals surface area contributed by atoms with Gasteiger partial charge >= 0.3 is 6.18 Å². The molecule has 0 saturated carbocycles. The molecule has 0 aliphatic heterocycles. The molecule has 118 valence electrons. The molecule has 1 amide bonds. The third-order valence-corrected chi connectivity index (χ3v) is 2.61. The third-order valence-electron chi connectivity index (χ3n) is 2.61. The summed E-state index contributed by atoms with van der Waals surface area (Å²) in [4.78, 5) is 25.9. The molecule has 0 aliphatic rings. The summed E-state index contributed by atoms with van der Waals surface area (Å²) in [6.45, 7) is 1.12. The number of pyridine rings is 1. The first-order valence-electron chi connectivity index (χ1n) is 6.46. The molecule has 1 heterocycles. The van der Waals surface area contributed by atoms with Gasteiger partial charge in [0, 0.05) is 32.0 Å². The molecule has 0 spiro atoms. The number of alkyl halides is 3. The third kappa shape index (κ3) is 6.44. The number of aromatic nitrogens is 1. The molecule has 0 radical (unpaired) electrons. The first-order valence-corrected chi connectivity index (χ1v) is 6.46. The van der Waals surface area contributed by atoms with Crippen LogP contribution in [0.25, 0.3) is 0 Å². The zero-order valence-electron chi connectivity index (χ0n) is 11.6. The first-order chi connectivity index (χ1) is 9.83. The number of ether oxygens (including phenoxy) is 1. The van der Waals surface area contributed by atoms with Gasteiger partial charge in [-0.1, -0.05) is 0 Å². The average molecular weight is 306 g/mol. The molecule has 0 unspecified atom stereocenters. The predicted octanol–water partition coefficient (Wildman–Crippen LogP) is 1.81. The molecule has 0 saturated heterocycles. The van der Waals surface area contributed by atoms with Gasteiger partial charge in [-0.2, -0.15) is 13.2 Å². The van der Waals surface area contributed by atoms with Crippen LogP contribution in [0.4, 0.5) is 13.2 Å². The van der Waals surface area contributed by atoms with Crippen LogP contribution in [0.1, 0.15) is 23.7 Å². The molecule has 1 rings (SSSR count). The SMILES string of the molecule is CCOCCCN(CC(F)(F)F)C(=O)c1ccc(=O)[nH]c1. The Labute approximate surface area is 119 Å². The van der Waals surface area contributed by atoms with Crippen molar-refractivity contribution in [2.75, 3.05) is 26.3 Å². The van der Waals surface area contributed by atoms with Gasteiger partial charge in [0.25, 0.3) is 5.91 Å². The summed E-state index contributed by atoms with van der Waals surface area (Å²) >= 11 is 0. The van der Waals surface area contributed by atoms with Crippen LogP contribution >= 0.6 is 0 Å². The highest BCUT2D eigenvalue weighted by Gasteiger charge is 2.33. The Morgan fingerprint density at radius 2 is 2.10 bits per heavy atom. The van der Waals surface area contributed by atoms with Crippen molar-refractivity contribution in [1.82, 2.24) is 9.88 Å². The van der Waals surface area contributed by atoms with Crippen LogP contribution in [0.15, 0.2) is 23.1 Å². The van der Waals surface area contributed by atoms with E-state index < -0.39 is 24.2 Å². The van der Waals surface area contributed by atoms with E-state index in [1.54, 1.807) is 6.92 Å². The number of carbonyl (C=O) groups is 1. The van der Waals surface area contributed by atoms with Gasteiger partial charge < -0.3 is 14.6 Å². The van der Waals surface area contributed by atoms with Crippen LogP contribution < -0.4 is 5.56 Å². The van der Waals surface area contributed by atoms with Gasteiger partial charge in [-0.3, -0.25) is 9.59 Å². The number of carbonyl (C=O) groups excluding carboxylic acids is 1. The largest absolute Gasteiger partial charge is 0.406 e. The molecule has 21 heavy (non-hydrogen) atoms. The van der Waals surface area contributed by atoms with Crippen LogP contribution in [-0.4, -0.2) is 48.3 Å². The number of hydrogen-bond acceptors (Lipinski definition) is 3. The highest BCUT2D eigenvalue weighted by atomic mass is 19.4. The summed E-state index contributed by atoms with van der Waals surface area (Å²) in [7, 11) is 0. The Bertz CT molecular complexity index is 494. The van der Waals surface area contributed by atoms with Gasteiger partial charge in [0.15, 0.2) is 0 Å². The number of hydrogen-bond donors (Lipinski definition) is 1. The molecule has 1 aromatic rings. The van der Waals surface area contributed by atoms with Gasteiger partial charge in [0.2, 0.25) is 5.56 Å². The van der Waals surface area contributed by atoms with Crippen LogP contribution in [0, 0.1) is 0 Å². The van der Waals surface area contributed by atoms with Crippen molar-refractivity contribution in [2.45, 2.75) is 19.5 Å². The maximum Gasteiger partial charge on any atom is 0.406 e. The second-order valence-electron chi connectivity index (χ2n) is 4.33. The molecule has 5 nitrogen and oxygen atoms in total. The van der Waals surface area contributed by atoms with E-state index in [4.69, 9.17) is 4.74 Å². The standard InChI is InChI=1S/C13H17F3N2O3/c1-2-21-7-3-6-18(9-13(14,15)16)12(20)10-4-5-11(19)17-8-10/h4-5,8H,2-3,6-7,9H2,1H3,(H,17,19). The Morgan fingerprint density at radius 3 is 2.62 bits per heavy atom. The molecule has 1 aromatic heterocycles. The molecular formula is C13H17F3N2O3. The lowest BCUT2D eigenvalue weighted by atomic mass is 10.2. The van der Waals surface area contributed by atoms with E-state index in [2.05, 4.69) is 4.98 Å². The van der Waals surface area contributed by atoms with Gasteiger partial charge in [-0.25, -0.2) is 0 Å². The van der Waals surface area contributed by atoms with Crippen molar-refractivity contribution >= 4 is 5.91 Å². The summed E-state index contributed by atoms with van der Waals surface area (Å²) in [6.07, 6.45) is -3.07. The van der Waals surface area contributed by atoms with Crippen molar-refractivity contribution in [1.29, 1.82) is 0 Å². The Balaban J connectivity index is 2.76. The summed E-state index contributed by atoms with van der Waals surface area (Å²) in [5, 5.41) is 0. The van der Waals surface area contributed by atoms with E-state index in [0.29, 0.717) is 17.9 Å². The summed E-state index contributed by atoms with van der Waals surface area (Å²) in [5.41, 5.74) is -0.416. The Kier molecular flexibility index (Phi) is 6.41. The zero-order valence-corrected chi connectivity index (χ0v) is 11.6. The quantitative estimate of drug-likeness (QED) is 0.781. The molecule has 0 atom stereocenters. The second kappa shape index (κ2) is 7.82. The van der Waals surface area contributed by atoms with Crippen molar-refractivity contribution < 1.29 is 22.7 Å². The van der Waals surface area contributed by atoms with E-state index in [9.17, 15) is 22.8 Å². The summed E-state index contributed by atoms with van der Waals surface area (Å²) in [6, 6.07) is 2.30. The molecule has 0 aromatic carbocycles. The van der Waals surface area contributed by atoms with E-state index in [1.165, 1.54) is 6.07 Å². The molecule has 0 fully saturated rings. The van der Waals surface area contributed by atoms with Crippen molar-refractivity contribution in [2.24, 2.45) is 0 Å². The Morgan fingerprint density at radius 1 is 1.38 bits per heavy atom. The molecule has 1 N–H and O–H groups in total. The fourth-order valence-electron chi connectivity index (χ4n) is 1.70. The fraction of sp³-hybridized carbons (Fsp3) is 0.538. The normalized spacial score (nSPS) is 11.4. The molecular weight excluding hydrogens is 289 g/mol. The van der Waals surface area contributed by atoms with Crippen LogP contribution in [0.2, 0.25) is 0 Å². The monoisotopic (exact) mass is 306 g/mol. The van der Waals surface area contributed by atoms with E-state index in [0.717, 1.165) is 12.3 Å². The van der Waals surface area contributed by atoms with Crippen LogP contribution in [-0.2, 0) is 4.74 Å². The number of rotatable bonds is 7. The lowest BCUT2D eigenvalue weighted by Crippen LogP contribution is -2.40. The predicted molar refractivity (Wildman–Crippen MR) is 70.1 cm³/mol. The average Bonchev–Trinajstić information content (AvgIpc) is 2.41.